The smallest absolute Gasteiger partial charge is 0.115 e. The molecule has 0 spiro atoms. The minimum atomic E-state index is -0.415. The van der Waals surface area contributed by atoms with Gasteiger partial charge in [-0.2, -0.15) is 0 Å². The Labute approximate surface area is 95.9 Å². The quantitative estimate of drug-likeness (QED) is 0.592. The normalized spacial score (nSPS) is 12.6. The van der Waals surface area contributed by atoms with Crippen molar-refractivity contribution in [2.24, 2.45) is 0 Å². The van der Waals surface area contributed by atoms with Crippen molar-refractivity contribution in [1.82, 2.24) is 5.32 Å². The first-order valence-corrected chi connectivity index (χ1v) is 5.38. The average molecular weight is 225 g/mol. The first-order chi connectivity index (χ1) is 7.72. The van der Waals surface area contributed by atoms with Crippen molar-refractivity contribution < 1.29 is 14.9 Å². The van der Waals surface area contributed by atoms with E-state index in [4.69, 9.17) is 9.84 Å². The van der Waals surface area contributed by atoms with E-state index >= 15 is 0 Å². The minimum absolute atomic E-state index is 0.247. The Balaban J connectivity index is 2.23. The maximum absolute atomic E-state index is 9.71. The number of phenols is 1. The number of aliphatic hydroxyl groups excluding tert-OH is 1. The zero-order chi connectivity index (χ0) is 11.8. The number of nitrogens with one attached hydrogen (secondary N) is 1. The number of methoxy groups -OCH3 is 1. The standard InChI is InChI=1S/C12H19NO3/c1-16-7-6-13-9-12(15)8-10-2-4-11(14)5-3-10/h2-5,12-15H,6-9H2,1H3. The Kier molecular flexibility index (Phi) is 5.85. The van der Waals surface area contributed by atoms with Gasteiger partial charge < -0.3 is 20.3 Å². The second kappa shape index (κ2) is 7.22. The third kappa shape index (κ3) is 5.11. The van der Waals surface area contributed by atoms with Crippen LogP contribution in [0.1, 0.15) is 5.56 Å². The Bertz CT molecular complexity index is 287. The van der Waals surface area contributed by atoms with Gasteiger partial charge in [-0.1, -0.05) is 12.1 Å². The molecule has 0 amide bonds. The monoisotopic (exact) mass is 225 g/mol. The number of benzene rings is 1. The zero-order valence-electron chi connectivity index (χ0n) is 9.52. The van der Waals surface area contributed by atoms with Crippen LogP contribution in [0.2, 0.25) is 0 Å². The van der Waals surface area contributed by atoms with Gasteiger partial charge in [0.2, 0.25) is 0 Å². The Morgan fingerprint density at radius 2 is 2.00 bits per heavy atom. The van der Waals surface area contributed by atoms with Crippen LogP contribution in [0.3, 0.4) is 0 Å². The van der Waals surface area contributed by atoms with E-state index in [1.54, 1.807) is 19.2 Å². The number of ether oxygens (including phenoxy) is 1. The summed E-state index contributed by atoms with van der Waals surface area (Å²) >= 11 is 0. The lowest BCUT2D eigenvalue weighted by Crippen LogP contribution is -2.30. The highest BCUT2D eigenvalue weighted by atomic mass is 16.5. The van der Waals surface area contributed by atoms with Crippen molar-refractivity contribution in [1.29, 1.82) is 0 Å². The van der Waals surface area contributed by atoms with Gasteiger partial charge >= 0.3 is 0 Å². The summed E-state index contributed by atoms with van der Waals surface area (Å²) in [6.45, 7) is 1.93. The molecule has 0 saturated carbocycles. The lowest BCUT2D eigenvalue weighted by atomic mass is 10.1. The number of hydrogen-bond acceptors (Lipinski definition) is 4. The van der Waals surface area contributed by atoms with Gasteiger partial charge in [-0.3, -0.25) is 0 Å². The molecule has 0 radical (unpaired) electrons. The summed E-state index contributed by atoms with van der Waals surface area (Å²) in [5.41, 5.74) is 1.01. The molecule has 3 N–H and O–H groups in total. The molecular formula is C12H19NO3. The molecule has 1 aromatic rings. The molecule has 0 bridgehead atoms. The van der Waals surface area contributed by atoms with Gasteiger partial charge in [-0.05, 0) is 24.1 Å². The molecular weight excluding hydrogens is 206 g/mol. The van der Waals surface area contributed by atoms with Crippen LogP contribution in [0.4, 0.5) is 0 Å². The predicted octanol–water partition coefficient (Wildman–Crippen LogP) is 0.532. The molecule has 0 heterocycles. The molecule has 1 unspecified atom stereocenters. The maximum Gasteiger partial charge on any atom is 0.115 e. The van der Waals surface area contributed by atoms with Crippen molar-refractivity contribution in [3.05, 3.63) is 29.8 Å². The van der Waals surface area contributed by atoms with Crippen molar-refractivity contribution in [2.45, 2.75) is 12.5 Å². The van der Waals surface area contributed by atoms with Crippen LogP contribution in [0.5, 0.6) is 5.75 Å². The summed E-state index contributed by atoms with van der Waals surface area (Å²) < 4.78 is 4.88. The Morgan fingerprint density at radius 1 is 1.31 bits per heavy atom. The van der Waals surface area contributed by atoms with Gasteiger partial charge in [0.15, 0.2) is 0 Å². The van der Waals surface area contributed by atoms with Gasteiger partial charge in [0.25, 0.3) is 0 Å². The van der Waals surface area contributed by atoms with E-state index in [0.717, 1.165) is 12.1 Å². The van der Waals surface area contributed by atoms with Gasteiger partial charge in [-0.15, -0.1) is 0 Å². The van der Waals surface area contributed by atoms with E-state index in [1.807, 2.05) is 12.1 Å². The highest BCUT2D eigenvalue weighted by Gasteiger charge is 2.04. The molecule has 0 aliphatic carbocycles. The largest absolute Gasteiger partial charge is 0.508 e. The van der Waals surface area contributed by atoms with Crippen molar-refractivity contribution in [2.75, 3.05) is 26.8 Å². The fourth-order valence-electron chi connectivity index (χ4n) is 1.42. The second-order valence-corrected chi connectivity index (χ2v) is 3.72. The first kappa shape index (κ1) is 13.0. The van der Waals surface area contributed by atoms with Crippen LogP contribution in [-0.4, -0.2) is 43.1 Å². The van der Waals surface area contributed by atoms with Crippen LogP contribution in [-0.2, 0) is 11.2 Å². The highest BCUT2D eigenvalue weighted by Crippen LogP contribution is 2.10. The molecule has 0 fully saturated rings. The Morgan fingerprint density at radius 3 is 2.62 bits per heavy atom. The van der Waals surface area contributed by atoms with E-state index in [1.165, 1.54) is 0 Å². The summed E-state index contributed by atoms with van der Waals surface area (Å²) in [6, 6.07) is 6.88. The van der Waals surface area contributed by atoms with Crippen LogP contribution in [0.25, 0.3) is 0 Å². The van der Waals surface area contributed by atoms with E-state index in [9.17, 15) is 5.11 Å². The molecule has 1 atom stereocenters. The minimum Gasteiger partial charge on any atom is -0.508 e. The topological polar surface area (TPSA) is 61.7 Å². The number of rotatable bonds is 7. The fraction of sp³-hybridized carbons (Fsp3) is 0.500. The van der Waals surface area contributed by atoms with Crippen molar-refractivity contribution >= 4 is 0 Å². The average Bonchev–Trinajstić information content (AvgIpc) is 2.28. The van der Waals surface area contributed by atoms with Gasteiger partial charge in [0, 0.05) is 20.2 Å². The van der Waals surface area contributed by atoms with Crippen LogP contribution in [0.15, 0.2) is 24.3 Å². The van der Waals surface area contributed by atoms with E-state index < -0.39 is 6.10 Å². The SMILES string of the molecule is COCCNCC(O)Cc1ccc(O)cc1. The molecule has 0 aromatic heterocycles. The van der Waals surface area contributed by atoms with Gasteiger partial charge in [0.1, 0.15) is 5.75 Å². The van der Waals surface area contributed by atoms with Crippen molar-refractivity contribution in [3.63, 3.8) is 0 Å². The first-order valence-electron chi connectivity index (χ1n) is 5.38. The highest BCUT2D eigenvalue weighted by molar-refractivity contribution is 5.26. The van der Waals surface area contributed by atoms with Gasteiger partial charge in [-0.25, -0.2) is 0 Å². The lowest BCUT2D eigenvalue weighted by molar-refractivity contribution is 0.160. The molecule has 4 nitrogen and oxygen atoms in total. The molecule has 1 rings (SSSR count). The Hall–Kier alpha value is -1.10. The molecule has 1 aromatic carbocycles. The number of hydrogen-bond donors (Lipinski definition) is 3. The molecule has 16 heavy (non-hydrogen) atoms. The summed E-state index contributed by atoms with van der Waals surface area (Å²) in [4.78, 5) is 0. The molecule has 0 aliphatic heterocycles. The van der Waals surface area contributed by atoms with Crippen molar-refractivity contribution in [3.8, 4) is 5.75 Å². The summed E-state index contributed by atoms with van der Waals surface area (Å²) in [7, 11) is 1.65. The predicted molar refractivity (Wildman–Crippen MR) is 62.6 cm³/mol. The third-order valence-electron chi connectivity index (χ3n) is 2.27. The number of aliphatic hydroxyl groups is 1. The second-order valence-electron chi connectivity index (χ2n) is 3.72. The zero-order valence-corrected chi connectivity index (χ0v) is 9.52. The van der Waals surface area contributed by atoms with E-state index in [0.29, 0.717) is 19.6 Å². The van der Waals surface area contributed by atoms with Crippen LogP contribution in [0, 0.1) is 0 Å². The molecule has 90 valence electrons. The molecule has 0 saturated heterocycles. The lowest BCUT2D eigenvalue weighted by Gasteiger charge is -2.11. The van der Waals surface area contributed by atoms with Gasteiger partial charge in [0.05, 0.1) is 12.7 Å². The maximum atomic E-state index is 9.71. The number of phenolic OH excluding ortho intramolecular Hbond substituents is 1. The summed E-state index contributed by atoms with van der Waals surface area (Å²) in [5.74, 6) is 0.247. The van der Waals surface area contributed by atoms with E-state index in [-0.39, 0.29) is 5.75 Å². The molecule has 4 heteroatoms. The number of aromatic hydroxyl groups is 1. The molecule has 0 aliphatic rings. The summed E-state index contributed by atoms with van der Waals surface area (Å²) in [6.07, 6.45) is 0.168. The fourth-order valence-corrected chi connectivity index (χ4v) is 1.42. The van der Waals surface area contributed by atoms with Crippen LogP contribution >= 0.6 is 0 Å². The van der Waals surface area contributed by atoms with Crippen LogP contribution < -0.4 is 5.32 Å². The third-order valence-corrected chi connectivity index (χ3v) is 2.27. The summed E-state index contributed by atoms with van der Waals surface area (Å²) in [5, 5.41) is 21.9. The van der Waals surface area contributed by atoms with E-state index in [2.05, 4.69) is 5.32 Å².